The summed E-state index contributed by atoms with van der Waals surface area (Å²) in [5.41, 5.74) is 1.02. The Morgan fingerprint density at radius 1 is 1.29 bits per heavy atom. The number of hydrogen-bond donors (Lipinski definition) is 2. The number of ether oxygens (including phenoxy) is 2. The van der Waals surface area contributed by atoms with Crippen LogP contribution in [0.5, 0.6) is 5.75 Å². The molecule has 158 valence electrons. The van der Waals surface area contributed by atoms with Crippen LogP contribution in [0.2, 0.25) is 5.02 Å². The van der Waals surface area contributed by atoms with Crippen molar-refractivity contribution in [3.8, 4) is 5.75 Å². The number of guanidine groups is 1. The van der Waals surface area contributed by atoms with Crippen LogP contribution in [0.1, 0.15) is 51.0 Å². The topological polar surface area (TPSA) is 54.9 Å². The highest BCUT2D eigenvalue weighted by molar-refractivity contribution is 14.0. The summed E-state index contributed by atoms with van der Waals surface area (Å²) in [6.45, 7) is 5.12. The van der Waals surface area contributed by atoms with Gasteiger partial charge in [0.1, 0.15) is 5.75 Å². The van der Waals surface area contributed by atoms with Crippen LogP contribution >= 0.6 is 35.6 Å². The van der Waals surface area contributed by atoms with Crippen molar-refractivity contribution in [3.05, 3.63) is 28.8 Å². The second-order valence-corrected chi connectivity index (χ2v) is 7.99. The molecule has 0 spiro atoms. The molecule has 0 amide bonds. The van der Waals surface area contributed by atoms with Crippen LogP contribution in [0.15, 0.2) is 23.2 Å². The van der Waals surface area contributed by atoms with E-state index in [2.05, 4.69) is 17.6 Å². The Morgan fingerprint density at radius 2 is 2.00 bits per heavy atom. The van der Waals surface area contributed by atoms with Gasteiger partial charge >= 0.3 is 0 Å². The molecule has 5 nitrogen and oxygen atoms in total. The molecule has 0 bridgehead atoms. The minimum atomic E-state index is -0.119. The largest absolute Gasteiger partial charge is 0.496 e. The van der Waals surface area contributed by atoms with Crippen molar-refractivity contribution < 1.29 is 9.47 Å². The van der Waals surface area contributed by atoms with Gasteiger partial charge in [-0.15, -0.1) is 24.0 Å². The first-order valence-corrected chi connectivity index (χ1v) is 10.5. The first kappa shape index (κ1) is 23.5. The molecule has 1 aliphatic carbocycles. The minimum Gasteiger partial charge on any atom is -0.496 e. The fraction of sp³-hybridized carbons (Fsp3) is 0.667. The van der Waals surface area contributed by atoms with Gasteiger partial charge in [0.25, 0.3) is 0 Å². The monoisotopic (exact) mass is 521 g/mol. The van der Waals surface area contributed by atoms with Gasteiger partial charge in [-0.25, -0.2) is 0 Å². The van der Waals surface area contributed by atoms with Gasteiger partial charge in [-0.1, -0.05) is 24.4 Å². The third-order valence-corrected chi connectivity index (χ3v) is 6.00. The summed E-state index contributed by atoms with van der Waals surface area (Å²) in [4.78, 5) is 4.99. The van der Waals surface area contributed by atoms with Crippen molar-refractivity contribution in [2.24, 2.45) is 4.99 Å². The second kappa shape index (κ2) is 11.5. The molecule has 2 fully saturated rings. The molecule has 2 aliphatic rings. The Kier molecular flexibility index (Phi) is 9.63. The standard InChI is InChI=1S/C21H32ClN3O2.HI/c1-3-23-20(25-17-6-4-5-7-17)24-15-21(10-12-27-13-11-21)18-14-16(22)8-9-19(18)26-2;/h8-9,14,17H,3-7,10-13,15H2,1-2H3,(H2,23,24,25);1H. The second-order valence-electron chi connectivity index (χ2n) is 7.56. The highest BCUT2D eigenvalue weighted by atomic mass is 127. The number of benzene rings is 1. The Morgan fingerprint density at radius 3 is 2.64 bits per heavy atom. The molecule has 1 aliphatic heterocycles. The average molecular weight is 522 g/mol. The molecule has 1 aromatic rings. The van der Waals surface area contributed by atoms with Gasteiger partial charge in [0.15, 0.2) is 5.96 Å². The van der Waals surface area contributed by atoms with Crippen molar-refractivity contribution in [3.63, 3.8) is 0 Å². The lowest BCUT2D eigenvalue weighted by molar-refractivity contribution is 0.0522. The number of hydrogen-bond acceptors (Lipinski definition) is 3. The fourth-order valence-corrected chi connectivity index (χ4v) is 4.36. The van der Waals surface area contributed by atoms with E-state index in [1.54, 1.807) is 7.11 Å². The quantitative estimate of drug-likeness (QED) is 0.329. The predicted molar refractivity (Wildman–Crippen MR) is 127 cm³/mol. The van der Waals surface area contributed by atoms with Crippen LogP contribution in [-0.4, -0.2) is 45.4 Å². The van der Waals surface area contributed by atoms with Crippen LogP contribution in [0, 0.1) is 0 Å². The molecular formula is C21H33ClIN3O2. The molecule has 0 atom stereocenters. The Balaban J connectivity index is 0.00000280. The lowest BCUT2D eigenvalue weighted by Gasteiger charge is -2.37. The molecule has 1 saturated heterocycles. The lowest BCUT2D eigenvalue weighted by atomic mass is 9.73. The van der Waals surface area contributed by atoms with Gasteiger partial charge in [0.2, 0.25) is 0 Å². The summed E-state index contributed by atoms with van der Waals surface area (Å²) in [5, 5.41) is 7.76. The summed E-state index contributed by atoms with van der Waals surface area (Å²) >= 11 is 6.33. The van der Waals surface area contributed by atoms with E-state index in [4.69, 9.17) is 26.1 Å². The highest BCUT2D eigenvalue weighted by Crippen LogP contribution is 2.41. The third-order valence-electron chi connectivity index (χ3n) is 5.76. The van der Waals surface area contributed by atoms with Gasteiger partial charge in [-0.3, -0.25) is 4.99 Å². The van der Waals surface area contributed by atoms with Crippen molar-refractivity contribution in [2.45, 2.75) is 56.9 Å². The molecule has 3 rings (SSSR count). The van der Waals surface area contributed by atoms with Gasteiger partial charge < -0.3 is 20.1 Å². The molecule has 0 aromatic heterocycles. The van der Waals surface area contributed by atoms with E-state index in [0.717, 1.165) is 54.9 Å². The highest BCUT2D eigenvalue weighted by Gasteiger charge is 2.37. The van der Waals surface area contributed by atoms with Gasteiger partial charge in [-0.05, 0) is 50.8 Å². The molecule has 0 radical (unpaired) electrons. The zero-order chi connectivity index (χ0) is 19.1. The molecule has 7 heteroatoms. The van der Waals surface area contributed by atoms with E-state index in [9.17, 15) is 0 Å². The first-order chi connectivity index (χ1) is 13.2. The zero-order valence-electron chi connectivity index (χ0n) is 16.9. The summed E-state index contributed by atoms with van der Waals surface area (Å²) in [7, 11) is 1.72. The van der Waals surface area contributed by atoms with Crippen molar-refractivity contribution in [2.75, 3.05) is 33.4 Å². The Labute approximate surface area is 191 Å². The van der Waals surface area contributed by atoms with E-state index >= 15 is 0 Å². The maximum atomic E-state index is 6.33. The number of nitrogens with one attached hydrogen (secondary N) is 2. The summed E-state index contributed by atoms with van der Waals surface area (Å²) in [5.74, 6) is 1.79. The van der Waals surface area contributed by atoms with Gasteiger partial charge in [0, 0.05) is 41.8 Å². The maximum absolute atomic E-state index is 6.33. The molecule has 1 saturated carbocycles. The van der Waals surface area contributed by atoms with Gasteiger partial charge in [0.05, 0.1) is 13.7 Å². The Bertz CT molecular complexity index is 645. The van der Waals surface area contributed by atoms with Gasteiger partial charge in [-0.2, -0.15) is 0 Å². The van der Waals surface area contributed by atoms with E-state index in [1.165, 1.54) is 25.7 Å². The van der Waals surface area contributed by atoms with E-state index in [0.29, 0.717) is 12.6 Å². The molecule has 1 aromatic carbocycles. The maximum Gasteiger partial charge on any atom is 0.191 e. The average Bonchev–Trinajstić information content (AvgIpc) is 3.20. The summed E-state index contributed by atoms with van der Waals surface area (Å²) in [6.07, 6.45) is 6.89. The minimum absolute atomic E-state index is 0. The first-order valence-electron chi connectivity index (χ1n) is 10.1. The normalized spacial score (nSPS) is 19.8. The number of methoxy groups -OCH3 is 1. The molecular weight excluding hydrogens is 489 g/mol. The number of nitrogens with zero attached hydrogens (tertiary/aromatic N) is 1. The van der Waals surface area contributed by atoms with Crippen molar-refractivity contribution >= 4 is 41.5 Å². The van der Waals surface area contributed by atoms with Crippen LogP contribution in [0.3, 0.4) is 0 Å². The van der Waals surface area contributed by atoms with Crippen LogP contribution in [-0.2, 0) is 10.2 Å². The predicted octanol–water partition coefficient (Wildman–Crippen LogP) is 4.51. The summed E-state index contributed by atoms with van der Waals surface area (Å²) < 4.78 is 11.3. The smallest absolute Gasteiger partial charge is 0.191 e. The molecule has 0 unspecified atom stereocenters. The van der Waals surface area contributed by atoms with Crippen molar-refractivity contribution in [1.82, 2.24) is 10.6 Å². The molecule has 1 heterocycles. The number of halogens is 2. The van der Waals surface area contributed by atoms with Crippen LogP contribution in [0.25, 0.3) is 0 Å². The molecule has 28 heavy (non-hydrogen) atoms. The number of rotatable bonds is 6. The lowest BCUT2D eigenvalue weighted by Crippen LogP contribution is -2.44. The molecule has 2 N–H and O–H groups in total. The third kappa shape index (κ3) is 5.89. The SMILES string of the molecule is CCNC(=NCC1(c2cc(Cl)ccc2OC)CCOCC1)NC1CCCC1.I. The van der Waals surface area contributed by atoms with Crippen LogP contribution in [0.4, 0.5) is 0 Å². The zero-order valence-corrected chi connectivity index (χ0v) is 20.0. The Hall–Kier alpha value is -0.730. The summed E-state index contributed by atoms with van der Waals surface area (Å²) in [6, 6.07) is 6.42. The van der Waals surface area contributed by atoms with Crippen molar-refractivity contribution in [1.29, 1.82) is 0 Å². The number of aliphatic imine (C=N–C) groups is 1. The fourth-order valence-electron chi connectivity index (χ4n) is 4.18. The van der Waals surface area contributed by atoms with E-state index < -0.39 is 0 Å². The van der Waals surface area contributed by atoms with E-state index in [1.807, 2.05) is 18.2 Å². The van der Waals surface area contributed by atoms with Crippen LogP contribution < -0.4 is 15.4 Å². The van der Waals surface area contributed by atoms with E-state index in [-0.39, 0.29) is 29.4 Å².